The van der Waals surface area contributed by atoms with Crippen LogP contribution in [-0.2, 0) is 11.2 Å². The Bertz CT molecular complexity index is 457. The first kappa shape index (κ1) is 11.7. The molecule has 18 heavy (non-hydrogen) atoms. The Labute approximate surface area is 107 Å². The van der Waals surface area contributed by atoms with E-state index in [4.69, 9.17) is 4.52 Å². The number of carbonyl (C=O) groups is 1. The highest BCUT2D eigenvalue weighted by Gasteiger charge is 2.38. The highest BCUT2D eigenvalue weighted by atomic mass is 16.5. The van der Waals surface area contributed by atoms with Crippen molar-refractivity contribution in [1.29, 1.82) is 0 Å². The van der Waals surface area contributed by atoms with Crippen LogP contribution in [0.1, 0.15) is 50.7 Å². The molecule has 1 saturated heterocycles. The molecule has 1 aromatic rings. The van der Waals surface area contributed by atoms with Gasteiger partial charge in [-0.3, -0.25) is 4.79 Å². The molecule has 2 aliphatic rings. The molecule has 1 amide bonds. The lowest BCUT2D eigenvalue weighted by Crippen LogP contribution is -2.34. The third kappa shape index (κ3) is 2.13. The van der Waals surface area contributed by atoms with Crippen molar-refractivity contribution in [3.05, 3.63) is 11.7 Å². The summed E-state index contributed by atoms with van der Waals surface area (Å²) in [5.41, 5.74) is 0. The average Bonchev–Trinajstić information content (AvgIpc) is 2.78. The summed E-state index contributed by atoms with van der Waals surface area (Å²) in [6.07, 6.45) is 3.58. The van der Waals surface area contributed by atoms with Gasteiger partial charge in [0.2, 0.25) is 11.8 Å². The van der Waals surface area contributed by atoms with E-state index in [-0.39, 0.29) is 12.3 Å². The van der Waals surface area contributed by atoms with E-state index in [0.29, 0.717) is 23.8 Å². The van der Waals surface area contributed by atoms with Gasteiger partial charge in [0.15, 0.2) is 5.82 Å². The van der Waals surface area contributed by atoms with Gasteiger partial charge in [0.25, 0.3) is 0 Å². The predicted molar refractivity (Wildman–Crippen MR) is 64.9 cm³/mol. The number of aromatic nitrogens is 2. The predicted octanol–water partition coefficient (Wildman–Crippen LogP) is 1.75. The van der Waals surface area contributed by atoms with Crippen molar-refractivity contribution >= 4 is 5.91 Å². The van der Waals surface area contributed by atoms with Gasteiger partial charge in [0.05, 0.1) is 0 Å². The van der Waals surface area contributed by atoms with Gasteiger partial charge in [-0.2, -0.15) is 4.98 Å². The normalized spacial score (nSPS) is 30.8. The van der Waals surface area contributed by atoms with Gasteiger partial charge in [-0.15, -0.1) is 0 Å². The molecule has 98 valence electrons. The fourth-order valence-corrected chi connectivity index (χ4v) is 2.71. The molecule has 5 heteroatoms. The number of rotatable bonds is 3. The highest BCUT2D eigenvalue weighted by molar-refractivity contribution is 5.78. The van der Waals surface area contributed by atoms with Crippen molar-refractivity contribution in [2.75, 3.05) is 6.54 Å². The van der Waals surface area contributed by atoms with Gasteiger partial charge >= 0.3 is 0 Å². The molecule has 1 aromatic heterocycles. The lowest BCUT2D eigenvalue weighted by Gasteiger charge is -2.20. The van der Waals surface area contributed by atoms with Gasteiger partial charge in [-0.1, -0.05) is 12.1 Å². The summed E-state index contributed by atoms with van der Waals surface area (Å²) in [7, 11) is 0. The van der Waals surface area contributed by atoms with E-state index < -0.39 is 0 Å². The van der Waals surface area contributed by atoms with E-state index in [0.717, 1.165) is 31.6 Å². The van der Waals surface area contributed by atoms with E-state index in [1.165, 1.54) is 0 Å². The molecule has 1 aliphatic carbocycles. The second-order valence-corrected chi connectivity index (χ2v) is 5.62. The second kappa shape index (κ2) is 4.37. The number of hydrogen-bond acceptors (Lipinski definition) is 4. The Kier molecular flexibility index (Phi) is 2.84. The topological polar surface area (TPSA) is 59.2 Å². The van der Waals surface area contributed by atoms with E-state index in [1.54, 1.807) is 0 Å². The quantitative estimate of drug-likeness (QED) is 0.818. The molecule has 1 saturated carbocycles. The smallest absolute Gasteiger partial charge is 0.236 e. The minimum atomic E-state index is 0.110. The van der Waals surface area contributed by atoms with Gasteiger partial charge in [-0.25, -0.2) is 0 Å². The molecule has 1 aliphatic heterocycles. The first-order valence-corrected chi connectivity index (χ1v) is 6.77. The summed E-state index contributed by atoms with van der Waals surface area (Å²) in [4.78, 5) is 18.3. The van der Waals surface area contributed by atoms with Crippen molar-refractivity contribution in [2.24, 2.45) is 5.92 Å². The zero-order valence-corrected chi connectivity index (χ0v) is 10.9. The lowest BCUT2D eigenvalue weighted by atomic mass is 10.2. The molecule has 0 N–H and O–H groups in total. The van der Waals surface area contributed by atoms with Crippen molar-refractivity contribution in [3.63, 3.8) is 0 Å². The summed E-state index contributed by atoms with van der Waals surface area (Å²) in [5, 5.41) is 3.97. The Morgan fingerprint density at radius 1 is 1.50 bits per heavy atom. The van der Waals surface area contributed by atoms with Crippen LogP contribution in [-0.4, -0.2) is 33.5 Å². The number of nitrogens with zero attached hydrogens (tertiary/aromatic N) is 3. The van der Waals surface area contributed by atoms with Gasteiger partial charge < -0.3 is 9.42 Å². The Balaban J connectivity index is 1.62. The minimum absolute atomic E-state index is 0.110. The Morgan fingerprint density at radius 3 is 2.89 bits per heavy atom. The van der Waals surface area contributed by atoms with Crippen LogP contribution in [0.2, 0.25) is 0 Å². The molecular weight excluding hydrogens is 230 g/mol. The monoisotopic (exact) mass is 249 g/mol. The van der Waals surface area contributed by atoms with E-state index in [9.17, 15) is 4.79 Å². The molecule has 0 radical (unpaired) electrons. The molecule has 0 aromatic carbocycles. The van der Waals surface area contributed by atoms with Crippen molar-refractivity contribution in [2.45, 2.75) is 51.5 Å². The largest absolute Gasteiger partial charge is 0.340 e. The van der Waals surface area contributed by atoms with Crippen LogP contribution in [0.15, 0.2) is 4.52 Å². The molecule has 0 spiro atoms. The van der Waals surface area contributed by atoms with E-state index in [2.05, 4.69) is 24.0 Å². The van der Waals surface area contributed by atoms with Crippen LogP contribution in [0.3, 0.4) is 0 Å². The van der Waals surface area contributed by atoms with Crippen LogP contribution in [0.25, 0.3) is 0 Å². The molecule has 2 fully saturated rings. The van der Waals surface area contributed by atoms with Crippen molar-refractivity contribution < 1.29 is 9.32 Å². The molecule has 2 heterocycles. The highest BCUT2D eigenvalue weighted by Crippen LogP contribution is 2.45. The summed E-state index contributed by atoms with van der Waals surface area (Å²) in [5.74, 6) is 2.46. The second-order valence-electron chi connectivity index (χ2n) is 5.62. The maximum absolute atomic E-state index is 12.1. The molecule has 0 bridgehead atoms. The average molecular weight is 249 g/mol. The molecule has 3 unspecified atom stereocenters. The number of carbonyl (C=O) groups excluding carboxylic acids is 1. The number of hydrogen-bond donors (Lipinski definition) is 0. The van der Waals surface area contributed by atoms with Gasteiger partial charge in [-0.05, 0) is 32.1 Å². The fraction of sp³-hybridized carbons (Fsp3) is 0.769. The van der Waals surface area contributed by atoms with Crippen molar-refractivity contribution in [3.8, 4) is 0 Å². The molecule has 5 nitrogen and oxygen atoms in total. The van der Waals surface area contributed by atoms with Crippen LogP contribution < -0.4 is 0 Å². The maximum atomic E-state index is 12.1. The van der Waals surface area contributed by atoms with E-state index >= 15 is 0 Å². The summed E-state index contributed by atoms with van der Waals surface area (Å²) >= 11 is 0. The van der Waals surface area contributed by atoms with E-state index in [1.807, 2.05) is 4.90 Å². The first-order chi connectivity index (χ1) is 8.65. The van der Waals surface area contributed by atoms with Crippen LogP contribution in [0, 0.1) is 5.92 Å². The van der Waals surface area contributed by atoms with Gasteiger partial charge in [0.1, 0.15) is 6.42 Å². The maximum Gasteiger partial charge on any atom is 0.236 e. The first-order valence-electron chi connectivity index (χ1n) is 6.77. The third-order valence-electron chi connectivity index (χ3n) is 4.10. The zero-order chi connectivity index (χ0) is 12.7. The Hall–Kier alpha value is -1.39. The standard InChI is InChI=1S/C13H19N3O2/c1-8-6-10(8)13-14-11(18-15-13)7-12(17)16-5-3-4-9(16)2/h8-10H,3-7H2,1-2H3. The molecular formula is C13H19N3O2. The lowest BCUT2D eigenvalue weighted by molar-refractivity contribution is -0.131. The van der Waals surface area contributed by atoms with Crippen LogP contribution >= 0.6 is 0 Å². The zero-order valence-electron chi connectivity index (χ0n) is 10.9. The molecule has 3 atom stereocenters. The summed E-state index contributed by atoms with van der Waals surface area (Å²) in [6, 6.07) is 0.350. The number of amides is 1. The van der Waals surface area contributed by atoms with Crippen molar-refractivity contribution in [1.82, 2.24) is 15.0 Å². The minimum Gasteiger partial charge on any atom is -0.340 e. The summed E-state index contributed by atoms with van der Waals surface area (Å²) in [6.45, 7) is 5.13. The fourth-order valence-electron chi connectivity index (χ4n) is 2.71. The third-order valence-corrected chi connectivity index (χ3v) is 4.10. The van der Waals surface area contributed by atoms with Gasteiger partial charge in [0, 0.05) is 18.5 Å². The SMILES string of the molecule is CC1CC1c1noc(CC(=O)N2CCCC2C)n1. The number of likely N-dealkylation sites (tertiary alicyclic amines) is 1. The van der Waals surface area contributed by atoms with Crippen LogP contribution in [0.5, 0.6) is 0 Å². The molecule has 3 rings (SSSR count). The summed E-state index contributed by atoms with van der Waals surface area (Å²) < 4.78 is 5.17. The van der Waals surface area contributed by atoms with Crippen LogP contribution in [0.4, 0.5) is 0 Å². The Morgan fingerprint density at radius 2 is 2.28 bits per heavy atom.